The van der Waals surface area contributed by atoms with E-state index in [2.05, 4.69) is 9.97 Å². The molecule has 0 unspecified atom stereocenters. The number of aryl methyl sites for hydroxylation is 1. The summed E-state index contributed by atoms with van der Waals surface area (Å²) in [6.45, 7) is 2.02. The van der Waals surface area contributed by atoms with Crippen molar-refractivity contribution in [1.82, 2.24) is 9.97 Å². The van der Waals surface area contributed by atoms with E-state index in [1.807, 2.05) is 13.0 Å². The smallest absolute Gasteiger partial charge is 0.355 e. The number of alkyl halides is 3. The molecule has 0 fully saturated rings. The first-order valence-corrected chi connectivity index (χ1v) is 6.62. The first kappa shape index (κ1) is 13.7. The second kappa shape index (κ2) is 4.91. The summed E-state index contributed by atoms with van der Waals surface area (Å²) in [5.41, 5.74) is 2.89. The molecular formula is C16H13F3N2. The molecule has 0 aliphatic carbocycles. The summed E-state index contributed by atoms with van der Waals surface area (Å²) in [4.78, 5) is 7.25. The second-order valence-corrected chi connectivity index (χ2v) is 4.87. The van der Waals surface area contributed by atoms with Gasteiger partial charge in [-0.15, -0.1) is 0 Å². The minimum Gasteiger partial charge on any atom is -0.355 e. The number of fused-ring (bicyclic) bond motifs is 1. The van der Waals surface area contributed by atoms with Gasteiger partial charge in [-0.25, -0.2) is 0 Å². The zero-order valence-electron chi connectivity index (χ0n) is 11.3. The minimum atomic E-state index is -4.32. The average molecular weight is 290 g/mol. The van der Waals surface area contributed by atoms with E-state index in [9.17, 15) is 13.2 Å². The third-order valence-electron chi connectivity index (χ3n) is 3.52. The van der Waals surface area contributed by atoms with Crippen LogP contribution in [-0.2, 0) is 12.6 Å². The zero-order chi connectivity index (χ0) is 15.0. The molecular weight excluding hydrogens is 277 g/mol. The van der Waals surface area contributed by atoms with Gasteiger partial charge < -0.3 is 4.98 Å². The SMILES string of the molecule is CCc1cnccc1-c1cc2cc(C(F)(F)F)ccc2[nH]1. The summed E-state index contributed by atoms with van der Waals surface area (Å²) in [7, 11) is 0. The third kappa shape index (κ3) is 2.51. The lowest BCUT2D eigenvalue weighted by Gasteiger charge is -2.05. The molecule has 0 aliphatic heterocycles. The van der Waals surface area contributed by atoms with Crippen LogP contribution in [0.5, 0.6) is 0 Å². The largest absolute Gasteiger partial charge is 0.416 e. The highest BCUT2D eigenvalue weighted by molar-refractivity contribution is 5.87. The molecule has 0 radical (unpaired) electrons. The second-order valence-electron chi connectivity index (χ2n) is 4.87. The standard InChI is InChI=1S/C16H13F3N2/c1-2-10-9-20-6-5-13(10)15-8-11-7-12(16(17,18)19)3-4-14(11)21-15/h3-9,21H,2H2,1H3. The van der Waals surface area contributed by atoms with E-state index >= 15 is 0 Å². The molecule has 0 spiro atoms. The number of aromatic nitrogens is 2. The van der Waals surface area contributed by atoms with E-state index < -0.39 is 11.7 Å². The molecule has 3 rings (SSSR count). The van der Waals surface area contributed by atoms with Gasteiger partial charge in [0.1, 0.15) is 0 Å². The highest BCUT2D eigenvalue weighted by Crippen LogP contribution is 2.33. The molecule has 0 amide bonds. The lowest BCUT2D eigenvalue weighted by Crippen LogP contribution is -2.03. The number of hydrogen-bond donors (Lipinski definition) is 1. The highest BCUT2D eigenvalue weighted by atomic mass is 19.4. The fraction of sp³-hybridized carbons (Fsp3) is 0.188. The van der Waals surface area contributed by atoms with Crippen LogP contribution in [0, 0.1) is 0 Å². The molecule has 0 saturated heterocycles. The predicted molar refractivity (Wildman–Crippen MR) is 75.9 cm³/mol. The number of nitrogens with one attached hydrogen (secondary N) is 1. The summed E-state index contributed by atoms with van der Waals surface area (Å²) >= 11 is 0. The fourth-order valence-electron chi connectivity index (χ4n) is 2.43. The quantitative estimate of drug-likeness (QED) is 0.720. The van der Waals surface area contributed by atoms with E-state index in [1.165, 1.54) is 12.1 Å². The van der Waals surface area contributed by atoms with Crippen LogP contribution in [0.4, 0.5) is 13.2 Å². The topological polar surface area (TPSA) is 28.7 Å². The molecule has 0 saturated carbocycles. The number of H-pyrrole nitrogens is 1. The van der Waals surface area contributed by atoms with Gasteiger partial charge in [-0.05, 0) is 42.3 Å². The zero-order valence-corrected chi connectivity index (χ0v) is 11.3. The Morgan fingerprint density at radius 2 is 1.95 bits per heavy atom. The van der Waals surface area contributed by atoms with Crippen LogP contribution >= 0.6 is 0 Å². The minimum absolute atomic E-state index is 0.554. The molecule has 0 aliphatic rings. The Kier molecular flexibility index (Phi) is 3.20. The van der Waals surface area contributed by atoms with E-state index in [4.69, 9.17) is 0 Å². The van der Waals surface area contributed by atoms with Crippen molar-refractivity contribution in [3.8, 4) is 11.3 Å². The van der Waals surface area contributed by atoms with Crippen LogP contribution in [0.2, 0.25) is 0 Å². The van der Waals surface area contributed by atoms with Crippen LogP contribution < -0.4 is 0 Å². The Labute approximate surface area is 119 Å². The molecule has 3 aromatic rings. The van der Waals surface area contributed by atoms with Crippen molar-refractivity contribution in [1.29, 1.82) is 0 Å². The van der Waals surface area contributed by atoms with Crippen molar-refractivity contribution >= 4 is 10.9 Å². The van der Waals surface area contributed by atoms with E-state index in [-0.39, 0.29) is 0 Å². The number of pyridine rings is 1. The molecule has 108 valence electrons. The van der Waals surface area contributed by atoms with Gasteiger partial charge >= 0.3 is 6.18 Å². The Morgan fingerprint density at radius 1 is 1.14 bits per heavy atom. The van der Waals surface area contributed by atoms with Crippen LogP contribution in [0.25, 0.3) is 22.2 Å². The summed E-state index contributed by atoms with van der Waals surface area (Å²) in [6.07, 6.45) is -0.0493. The third-order valence-corrected chi connectivity index (χ3v) is 3.52. The first-order chi connectivity index (χ1) is 9.99. The average Bonchev–Trinajstić information content (AvgIpc) is 2.89. The maximum Gasteiger partial charge on any atom is 0.416 e. The summed E-state index contributed by atoms with van der Waals surface area (Å²) in [5, 5.41) is 0.554. The van der Waals surface area contributed by atoms with Gasteiger partial charge in [0.2, 0.25) is 0 Å². The number of hydrogen-bond acceptors (Lipinski definition) is 1. The monoisotopic (exact) mass is 290 g/mol. The maximum atomic E-state index is 12.7. The number of benzene rings is 1. The normalized spacial score (nSPS) is 12.0. The number of aromatic amines is 1. The van der Waals surface area contributed by atoms with E-state index in [1.54, 1.807) is 18.5 Å². The summed E-state index contributed by atoms with van der Waals surface area (Å²) in [6, 6.07) is 7.35. The predicted octanol–water partition coefficient (Wildman–Crippen LogP) is 4.81. The van der Waals surface area contributed by atoms with Gasteiger partial charge in [-0.1, -0.05) is 6.92 Å². The van der Waals surface area contributed by atoms with Crippen molar-refractivity contribution in [3.63, 3.8) is 0 Å². The van der Waals surface area contributed by atoms with Crippen molar-refractivity contribution in [3.05, 3.63) is 53.9 Å². The van der Waals surface area contributed by atoms with Crippen LogP contribution in [-0.4, -0.2) is 9.97 Å². The Bertz CT molecular complexity index is 788. The van der Waals surface area contributed by atoms with Gasteiger partial charge in [-0.2, -0.15) is 13.2 Å². The van der Waals surface area contributed by atoms with Crippen LogP contribution in [0.3, 0.4) is 0 Å². The lowest BCUT2D eigenvalue weighted by atomic mass is 10.1. The summed E-state index contributed by atoms with van der Waals surface area (Å²) < 4.78 is 38.2. The van der Waals surface area contributed by atoms with Crippen molar-refractivity contribution in [2.24, 2.45) is 0 Å². The molecule has 0 atom stereocenters. The van der Waals surface area contributed by atoms with Gasteiger partial charge in [0.15, 0.2) is 0 Å². The molecule has 2 heterocycles. The fourth-order valence-corrected chi connectivity index (χ4v) is 2.43. The van der Waals surface area contributed by atoms with Gasteiger partial charge in [-0.3, -0.25) is 4.98 Å². The molecule has 2 aromatic heterocycles. The van der Waals surface area contributed by atoms with E-state index in [0.717, 1.165) is 29.3 Å². The molecule has 1 N–H and O–H groups in total. The molecule has 21 heavy (non-hydrogen) atoms. The molecule has 1 aromatic carbocycles. The number of halogens is 3. The molecule has 2 nitrogen and oxygen atoms in total. The van der Waals surface area contributed by atoms with Crippen molar-refractivity contribution in [2.45, 2.75) is 19.5 Å². The first-order valence-electron chi connectivity index (χ1n) is 6.62. The van der Waals surface area contributed by atoms with Gasteiger partial charge in [0, 0.05) is 34.6 Å². The van der Waals surface area contributed by atoms with Crippen LogP contribution in [0.1, 0.15) is 18.1 Å². The maximum absolute atomic E-state index is 12.7. The van der Waals surface area contributed by atoms with Gasteiger partial charge in [0.25, 0.3) is 0 Å². The van der Waals surface area contributed by atoms with E-state index in [0.29, 0.717) is 10.9 Å². The Hall–Kier alpha value is -2.30. The number of rotatable bonds is 2. The molecule has 0 bridgehead atoms. The Balaban J connectivity index is 2.13. The van der Waals surface area contributed by atoms with Crippen LogP contribution in [0.15, 0.2) is 42.7 Å². The van der Waals surface area contributed by atoms with Crippen molar-refractivity contribution < 1.29 is 13.2 Å². The molecule has 5 heteroatoms. The summed E-state index contributed by atoms with van der Waals surface area (Å²) in [5.74, 6) is 0. The Morgan fingerprint density at radius 3 is 2.67 bits per heavy atom. The number of nitrogens with zero attached hydrogens (tertiary/aromatic N) is 1. The van der Waals surface area contributed by atoms with Gasteiger partial charge in [0.05, 0.1) is 5.56 Å². The highest BCUT2D eigenvalue weighted by Gasteiger charge is 2.30. The van der Waals surface area contributed by atoms with Crippen molar-refractivity contribution in [2.75, 3.05) is 0 Å². The lowest BCUT2D eigenvalue weighted by molar-refractivity contribution is -0.137.